The third-order valence-corrected chi connectivity index (χ3v) is 7.02. The van der Waals surface area contributed by atoms with Crippen molar-refractivity contribution in [3.8, 4) is 0 Å². The van der Waals surface area contributed by atoms with Crippen LogP contribution in [0.5, 0.6) is 0 Å². The lowest BCUT2D eigenvalue weighted by Gasteiger charge is -2.28. The number of hydrogen-bond acceptors (Lipinski definition) is 5. The molecule has 0 bridgehead atoms. The van der Waals surface area contributed by atoms with Crippen LogP contribution in [-0.2, 0) is 25.9 Å². The molecule has 0 aromatic carbocycles. The Hall–Kier alpha value is -1.83. The van der Waals surface area contributed by atoms with Crippen molar-refractivity contribution >= 4 is 21.7 Å². The molecule has 144 valence electrons. The largest absolute Gasteiger partial charge is 0.452 e. The molecular weight excluding hydrogens is 356 g/mol. The molecule has 7 nitrogen and oxygen atoms in total. The summed E-state index contributed by atoms with van der Waals surface area (Å²) in [6.07, 6.45) is 2.23. The van der Waals surface area contributed by atoms with Gasteiger partial charge in [-0.3, -0.25) is 4.79 Å². The average molecular weight is 382 g/mol. The van der Waals surface area contributed by atoms with Crippen LogP contribution in [0, 0.1) is 13.8 Å². The van der Waals surface area contributed by atoms with Crippen LogP contribution in [0.4, 0.5) is 0 Å². The minimum atomic E-state index is -3.07. The van der Waals surface area contributed by atoms with Gasteiger partial charge in [0.1, 0.15) is 0 Å². The van der Waals surface area contributed by atoms with E-state index in [0.717, 1.165) is 30.8 Å². The van der Waals surface area contributed by atoms with Crippen LogP contribution in [0.2, 0.25) is 0 Å². The van der Waals surface area contributed by atoms with Crippen molar-refractivity contribution in [3.05, 3.63) is 23.0 Å². The molecule has 0 radical (unpaired) electrons. The monoisotopic (exact) mass is 382 g/mol. The Balaban J connectivity index is 1.64. The van der Waals surface area contributed by atoms with E-state index < -0.39 is 15.8 Å². The molecule has 2 fully saturated rings. The number of sulfone groups is 1. The van der Waals surface area contributed by atoms with Gasteiger partial charge in [0.2, 0.25) is 0 Å². The highest BCUT2D eigenvalue weighted by molar-refractivity contribution is 7.91. The lowest BCUT2D eigenvalue weighted by atomic mass is 10.2. The summed E-state index contributed by atoms with van der Waals surface area (Å²) in [6, 6.07) is 1.57. The van der Waals surface area contributed by atoms with E-state index in [4.69, 9.17) is 4.74 Å². The van der Waals surface area contributed by atoms with Crippen LogP contribution in [0.25, 0.3) is 0 Å². The highest BCUT2D eigenvalue weighted by Crippen LogP contribution is 2.32. The van der Waals surface area contributed by atoms with Crippen LogP contribution in [-0.4, -0.2) is 60.0 Å². The number of aromatic nitrogens is 1. The molecule has 0 N–H and O–H groups in total. The van der Waals surface area contributed by atoms with Crippen LogP contribution in [0.15, 0.2) is 6.07 Å². The third kappa shape index (κ3) is 3.79. The molecule has 1 aliphatic heterocycles. The summed E-state index contributed by atoms with van der Waals surface area (Å²) < 4.78 is 30.7. The van der Waals surface area contributed by atoms with E-state index >= 15 is 0 Å². The first kappa shape index (κ1) is 18.9. The lowest BCUT2D eigenvalue weighted by Crippen LogP contribution is -2.44. The normalized spacial score (nSPS) is 21.6. The Kier molecular flexibility index (Phi) is 5.14. The predicted octanol–water partition coefficient (Wildman–Crippen LogP) is 1.46. The first-order chi connectivity index (χ1) is 12.2. The molecule has 1 saturated heterocycles. The summed E-state index contributed by atoms with van der Waals surface area (Å²) in [5.41, 5.74) is 2.26. The molecular formula is C18H26N2O5S. The van der Waals surface area contributed by atoms with E-state index in [9.17, 15) is 18.0 Å². The summed E-state index contributed by atoms with van der Waals surface area (Å²) >= 11 is 0. The second kappa shape index (κ2) is 7.06. The van der Waals surface area contributed by atoms with Crippen LogP contribution in [0.3, 0.4) is 0 Å². The zero-order valence-electron chi connectivity index (χ0n) is 15.5. The van der Waals surface area contributed by atoms with Gasteiger partial charge in [-0.2, -0.15) is 0 Å². The number of aryl methyl sites for hydroxylation is 1. The Morgan fingerprint density at radius 3 is 2.42 bits per heavy atom. The zero-order chi connectivity index (χ0) is 19.1. The van der Waals surface area contributed by atoms with E-state index in [1.807, 2.05) is 25.3 Å². The molecule has 1 aromatic rings. The maximum Gasteiger partial charge on any atom is 0.340 e. The number of nitrogens with zero attached hydrogens (tertiary/aromatic N) is 2. The highest BCUT2D eigenvalue weighted by atomic mass is 32.2. The molecule has 1 atom stereocenters. The van der Waals surface area contributed by atoms with Crippen LogP contribution in [0.1, 0.15) is 47.9 Å². The fourth-order valence-corrected chi connectivity index (χ4v) is 5.54. The van der Waals surface area contributed by atoms with Gasteiger partial charge in [0.25, 0.3) is 5.91 Å². The molecule has 26 heavy (non-hydrogen) atoms. The average Bonchev–Trinajstić information content (AvgIpc) is 3.27. The van der Waals surface area contributed by atoms with Crippen molar-refractivity contribution in [3.63, 3.8) is 0 Å². The van der Waals surface area contributed by atoms with Crippen LogP contribution >= 0.6 is 0 Å². The number of hydrogen-bond donors (Lipinski definition) is 0. The van der Waals surface area contributed by atoms with Gasteiger partial charge in [-0.15, -0.1) is 0 Å². The fraction of sp³-hybridized carbons (Fsp3) is 0.667. The van der Waals surface area contributed by atoms with Gasteiger partial charge >= 0.3 is 5.97 Å². The van der Waals surface area contributed by atoms with Crippen molar-refractivity contribution in [2.24, 2.45) is 0 Å². The number of carbonyl (C=O) groups is 2. The standard InChI is InChI=1S/C18H26N2O5S/c1-4-19-12(2)9-16(13(19)3)18(22)25-10-17(21)20(14-5-6-14)15-7-8-26(23,24)11-15/h9,14-15H,4-8,10-11H2,1-3H3/t15-/m0/s1. The number of esters is 1. The van der Waals surface area contributed by atoms with Gasteiger partial charge in [0.05, 0.1) is 17.1 Å². The zero-order valence-corrected chi connectivity index (χ0v) is 16.3. The second-order valence-electron chi connectivity index (χ2n) is 7.19. The van der Waals surface area contributed by atoms with Gasteiger partial charge in [0.15, 0.2) is 16.4 Å². The molecule has 8 heteroatoms. The van der Waals surface area contributed by atoms with Crippen molar-refractivity contribution in [2.45, 2.75) is 58.7 Å². The summed E-state index contributed by atoms with van der Waals surface area (Å²) in [5, 5.41) is 0. The number of carbonyl (C=O) groups excluding carboxylic acids is 2. The number of rotatable bonds is 6. The predicted molar refractivity (Wildman–Crippen MR) is 96.8 cm³/mol. The Morgan fingerprint density at radius 1 is 1.23 bits per heavy atom. The molecule has 1 aromatic heterocycles. The smallest absolute Gasteiger partial charge is 0.340 e. The maximum atomic E-state index is 12.6. The molecule has 0 spiro atoms. The van der Waals surface area contributed by atoms with Gasteiger partial charge in [-0.1, -0.05) is 0 Å². The molecule has 2 aliphatic rings. The van der Waals surface area contributed by atoms with E-state index in [2.05, 4.69) is 0 Å². The van der Waals surface area contributed by atoms with E-state index in [1.54, 1.807) is 11.0 Å². The van der Waals surface area contributed by atoms with Crippen molar-refractivity contribution in [1.29, 1.82) is 0 Å². The lowest BCUT2D eigenvalue weighted by molar-refractivity contribution is -0.137. The van der Waals surface area contributed by atoms with E-state index in [-0.39, 0.29) is 36.1 Å². The SMILES string of the molecule is CCn1c(C)cc(C(=O)OCC(=O)N(C2CC2)[C@H]2CCS(=O)(=O)C2)c1C. The Bertz CT molecular complexity index is 823. The number of amides is 1. The van der Waals surface area contributed by atoms with Gasteiger partial charge in [0, 0.05) is 30.0 Å². The number of ether oxygens (including phenoxy) is 1. The van der Waals surface area contributed by atoms with Gasteiger partial charge in [-0.05, 0) is 46.1 Å². The van der Waals surface area contributed by atoms with Crippen LogP contribution < -0.4 is 0 Å². The van der Waals surface area contributed by atoms with Gasteiger partial charge < -0.3 is 14.2 Å². The topological polar surface area (TPSA) is 85.7 Å². The van der Waals surface area contributed by atoms with E-state index in [1.165, 1.54) is 0 Å². The van der Waals surface area contributed by atoms with E-state index in [0.29, 0.717) is 12.0 Å². The summed E-state index contributed by atoms with van der Waals surface area (Å²) in [4.78, 5) is 26.6. The van der Waals surface area contributed by atoms with Crippen molar-refractivity contribution < 1.29 is 22.7 Å². The second-order valence-corrected chi connectivity index (χ2v) is 9.42. The minimum Gasteiger partial charge on any atom is -0.452 e. The van der Waals surface area contributed by atoms with Crippen molar-refractivity contribution in [2.75, 3.05) is 18.1 Å². The molecule has 1 saturated carbocycles. The molecule has 0 unspecified atom stereocenters. The summed E-state index contributed by atoms with van der Waals surface area (Å²) in [5.74, 6) is -0.675. The molecule has 1 amide bonds. The summed E-state index contributed by atoms with van der Waals surface area (Å²) in [7, 11) is -3.07. The highest BCUT2D eigenvalue weighted by Gasteiger charge is 2.42. The quantitative estimate of drug-likeness (QED) is 0.696. The fourth-order valence-electron chi connectivity index (χ4n) is 3.83. The molecule has 3 rings (SSSR count). The Morgan fingerprint density at radius 2 is 1.92 bits per heavy atom. The summed E-state index contributed by atoms with van der Waals surface area (Å²) in [6.45, 7) is 6.20. The molecule has 2 heterocycles. The first-order valence-electron chi connectivity index (χ1n) is 9.09. The van der Waals surface area contributed by atoms with Crippen molar-refractivity contribution in [1.82, 2.24) is 9.47 Å². The van der Waals surface area contributed by atoms with Gasteiger partial charge in [-0.25, -0.2) is 13.2 Å². The minimum absolute atomic E-state index is 0.0147. The maximum absolute atomic E-state index is 12.6. The molecule has 1 aliphatic carbocycles. The Labute approximate surface area is 154 Å². The first-order valence-corrected chi connectivity index (χ1v) is 10.9. The third-order valence-electron chi connectivity index (χ3n) is 5.27.